The molecule has 0 aromatic heterocycles. The van der Waals surface area contributed by atoms with Gasteiger partial charge in [-0.1, -0.05) is 13.8 Å². The van der Waals surface area contributed by atoms with Gasteiger partial charge in [-0.3, -0.25) is 14.5 Å². The van der Waals surface area contributed by atoms with Gasteiger partial charge in [-0.15, -0.1) is 0 Å². The van der Waals surface area contributed by atoms with E-state index < -0.39 is 0 Å². The number of nitrogens with zero attached hydrogens (tertiary/aromatic N) is 3. The molecule has 2 fully saturated rings. The maximum absolute atomic E-state index is 12.5. The molecule has 2 rings (SSSR count). The molecule has 0 aromatic rings. The molecule has 6 heteroatoms. The lowest BCUT2D eigenvalue weighted by atomic mass is 10.3. The van der Waals surface area contributed by atoms with Gasteiger partial charge in [0.2, 0.25) is 0 Å². The van der Waals surface area contributed by atoms with E-state index in [1.165, 1.54) is 5.70 Å². The normalized spacial score (nSPS) is 20.6. The van der Waals surface area contributed by atoms with E-state index >= 15 is 0 Å². The highest BCUT2D eigenvalue weighted by Gasteiger charge is 2.23. The molecule has 0 bridgehead atoms. The Morgan fingerprint density at radius 1 is 1.30 bits per heavy atom. The van der Waals surface area contributed by atoms with Crippen molar-refractivity contribution in [3.63, 3.8) is 0 Å². The van der Waals surface area contributed by atoms with Crippen LogP contribution in [-0.2, 0) is 14.5 Å². The number of likely N-dealkylation sites (tertiary alicyclic amines) is 1. The zero-order valence-corrected chi connectivity index (χ0v) is 14.6. The first-order valence-corrected chi connectivity index (χ1v) is 8.99. The Labute approximate surface area is 139 Å². The highest BCUT2D eigenvalue weighted by molar-refractivity contribution is 5.77. The van der Waals surface area contributed by atoms with Gasteiger partial charge < -0.3 is 4.90 Å². The summed E-state index contributed by atoms with van der Waals surface area (Å²) in [6, 6.07) is 0. The Morgan fingerprint density at radius 2 is 2.17 bits per heavy atom. The molecule has 0 radical (unpaired) electrons. The van der Waals surface area contributed by atoms with Crippen LogP contribution in [0.1, 0.15) is 46.0 Å². The summed E-state index contributed by atoms with van der Waals surface area (Å²) >= 11 is 0. The summed E-state index contributed by atoms with van der Waals surface area (Å²) in [7, 11) is 0. The van der Waals surface area contributed by atoms with Crippen molar-refractivity contribution < 1.29 is 14.5 Å². The predicted octanol–water partition coefficient (Wildman–Crippen LogP) is 2.18. The first-order valence-electron chi connectivity index (χ1n) is 8.99. The molecule has 0 N–H and O–H groups in total. The number of hydrogen-bond donors (Lipinski definition) is 0. The second-order valence-electron chi connectivity index (χ2n) is 6.12. The average Bonchev–Trinajstić information content (AvgIpc) is 3.21. The van der Waals surface area contributed by atoms with E-state index in [4.69, 9.17) is 9.68 Å². The van der Waals surface area contributed by atoms with Crippen LogP contribution in [0.5, 0.6) is 0 Å². The lowest BCUT2D eigenvalue weighted by molar-refractivity contribution is -0.187. The predicted molar refractivity (Wildman–Crippen MR) is 89.3 cm³/mol. The van der Waals surface area contributed by atoms with Crippen LogP contribution in [0.4, 0.5) is 0 Å². The second-order valence-corrected chi connectivity index (χ2v) is 6.12. The van der Waals surface area contributed by atoms with Crippen molar-refractivity contribution in [2.75, 3.05) is 45.9 Å². The molecule has 0 aliphatic carbocycles. The minimum Gasteiger partial charge on any atom is -0.366 e. The SMILES string of the molecule is CCCON(CCC)C(=O)CN1CCC/C1=C\CN1CCCO1. The largest absolute Gasteiger partial charge is 0.366 e. The van der Waals surface area contributed by atoms with Crippen LogP contribution in [0.2, 0.25) is 0 Å². The molecule has 0 unspecified atom stereocenters. The third-order valence-corrected chi connectivity index (χ3v) is 4.11. The number of rotatable bonds is 9. The second kappa shape index (κ2) is 9.90. The summed E-state index contributed by atoms with van der Waals surface area (Å²) in [6.45, 7) is 9.37. The Kier molecular flexibility index (Phi) is 7.85. The average molecular weight is 325 g/mol. The quantitative estimate of drug-likeness (QED) is 0.608. The highest BCUT2D eigenvalue weighted by Crippen LogP contribution is 2.21. The van der Waals surface area contributed by atoms with Crippen molar-refractivity contribution >= 4 is 5.91 Å². The zero-order chi connectivity index (χ0) is 16.5. The Balaban J connectivity index is 1.85. The standard InChI is InChI=1S/C17H31N3O3/c1-3-9-20(23-13-4-2)17(21)15-18-10-5-7-16(18)8-12-19-11-6-14-22-19/h8H,3-7,9-15H2,1-2H3/b16-8+. The highest BCUT2D eigenvalue weighted by atomic mass is 16.7. The van der Waals surface area contributed by atoms with Crippen molar-refractivity contribution in [2.45, 2.75) is 46.0 Å². The van der Waals surface area contributed by atoms with Crippen LogP contribution >= 0.6 is 0 Å². The number of hydrogen-bond acceptors (Lipinski definition) is 5. The summed E-state index contributed by atoms with van der Waals surface area (Å²) < 4.78 is 0. The smallest absolute Gasteiger partial charge is 0.265 e. The van der Waals surface area contributed by atoms with Crippen molar-refractivity contribution in [1.82, 2.24) is 15.0 Å². The molecule has 0 atom stereocenters. The van der Waals surface area contributed by atoms with Crippen LogP contribution in [0.15, 0.2) is 11.8 Å². The molecule has 2 saturated heterocycles. The topological polar surface area (TPSA) is 45.2 Å². The Morgan fingerprint density at radius 3 is 2.87 bits per heavy atom. The summed E-state index contributed by atoms with van der Waals surface area (Å²) in [5, 5.41) is 3.54. The lowest BCUT2D eigenvalue weighted by Gasteiger charge is -2.26. The van der Waals surface area contributed by atoms with E-state index in [1.54, 1.807) is 5.06 Å². The Bertz CT molecular complexity index is 395. The molecule has 0 aromatic carbocycles. The van der Waals surface area contributed by atoms with Gasteiger partial charge in [0.05, 0.1) is 19.8 Å². The van der Waals surface area contributed by atoms with Gasteiger partial charge in [0.1, 0.15) is 0 Å². The van der Waals surface area contributed by atoms with E-state index in [0.29, 0.717) is 19.7 Å². The molecular weight excluding hydrogens is 294 g/mol. The molecule has 6 nitrogen and oxygen atoms in total. The maximum atomic E-state index is 12.5. The van der Waals surface area contributed by atoms with Gasteiger partial charge in [0.25, 0.3) is 5.91 Å². The van der Waals surface area contributed by atoms with Crippen LogP contribution in [0.25, 0.3) is 0 Å². The minimum absolute atomic E-state index is 0.0607. The van der Waals surface area contributed by atoms with E-state index in [0.717, 1.165) is 58.3 Å². The number of carbonyl (C=O) groups is 1. The molecule has 0 spiro atoms. The summed E-state index contributed by atoms with van der Waals surface area (Å²) in [5.41, 5.74) is 1.26. The summed E-state index contributed by atoms with van der Waals surface area (Å²) in [5.74, 6) is 0.0607. The summed E-state index contributed by atoms with van der Waals surface area (Å²) in [4.78, 5) is 25.8. The number of hydroxylamine groups is 4. The number of carbonyl (C=O) groups excluding carboxylic acids is 1. The third-order valence-electron chi connectivity index (χ3n) is 4.11. The van der Waals surface area contributed by atoms with Crippen LogP contribution in [-0.4, -0.2) is 66.9 Å². The van der Waals surface area contributed by atoms with E-state index in [1.807, 2.05) is 5.06 Å². The molecule has 1 amide bonds. The van der Waals surface area contributed by atoms with E-state index in [2.05, 4.69) is 24.8 Å². The van der Waals surface area contributed by atoms with Gasteiger partial charge in [-0.2, -0.15) is 5.06 Å². The fraction of sp³-hybridized carbons (Fsp3) is 0.824. The van der Waals surface area contributed by atoms with Gasteiger partial charge in [-0.25, -0.2) is 5.06 Å². The van der Waals surface area contributed by atoms with Gasteiger partial charge in [0.15, 0.2) is 0 Å². The fourth-order valence-electron chi connectivity index (χ4n) is 2.92. The molecular formula is C17H31N3O3. The molecule has 2 heterocycles. The van der Waals surface area contributed by atoms with Crippen LogP contribution in [0.3, 0.4) is 0 Å². The number of amides is 1. The van der Waals surface area contributed by atoms with Crippen molar-refractivity contribution in [1.29, 1.82) is 0 Å². The lowest BCUT2D eigenvalue weighted by Crippen LogP contribution is -2.39. The third kappa shape index (κ3) is 5.79. The minimum atomic E-state index is 0.0607. The van der Waals surface area contributed by atoms with Crippen molar-refractivity contribution in [2.24, 2.45) is 0 Å². The molecule has 2 aliphatic rings. The first kappa shape index (κ1) is 18.2. The first-order chi connectivity index (χ1) is 11.2. The fourth-order valence-corrected chi connectivity index (χ4v) is 2.92. The van der Waals surface area contributed by atoms with E-state index in [9.17, 15) is 4.79 Å². The van der Waals surface area contributed by atoms with Gasteiger partial charge in [0, 0.05) is 31.9 Å². The molecule has 132 valence electrons. The number of allylic oxidation sites excluding steroid dienone is 1. The summed E-state index contributed by atoms with van der Waals surface area (Å²) in [6.07, 6.45) is 7.30. The molecule has 2 aliphatic heterocycles. The molecule has 23 heavy (non-hydrogen) atoms. The van der Waals surface area contributed by atoms with Crippen LogP contribution in [0, 0.1) is 0 Å². The van der Waals surface area contributed by atoms with Gasteiger partial charge >= 0.3 is 0 Å². The Hall–Kier alpha value is -1.11. The van der Waals surface area contributed by atoms with Crippen molar-refractivity contribution in [3.8, 4) is 0 Å². The zero-order valence-electron chi connectivity index (χ0n) is 14.6. The van der Waals surface area contributed by atoms with Gasteiger partial charge in [-0.05, 0) is 38.2 Å². The van der Waals surface area contributed by atoms with Crippen molar-refractivity contribution in [3.05, 3.63) is 11.8 Å². The monoisotopic (exact) mass is 325 g/mol. The molecule has 0 saturated carbocycles. The van der Waals surface area contributed by atoms with E-state index in [-0.39, 0.29) is 5.91 Å². The van der Waals surface area contributed by atoms with Crippen LogP contribution < -0.4 is 0 Å². The maximum Gasteiger partial charge on any atom is 0.265 e.